The van der Waals surface area contributed by atoms with Crippen LogP contribution in [0.4, 0.5) is 18.9 Å². The van der Waals surface area contributed by atoms with Gasteiger partial charge in [-0.2, -0.15) is 0 Å². The molecule has 2 amide bonds. The van der Waals surface area contributed by atoms with Crippen molar-refractivity contribution >= 4 is 17.5 Å². The van der Waals surface area contributed by atoms with Gasteiger partial charge in [-0.1, -0.05) is 11.3 Å². The number of amides is 2. The number of allylic oxidation sites excluding steroid dienone is 1. The Hall–Kier alpha value is -4.77. The van der Waals surface area contributed by atoms with Crippen LogP contribution in [0.5, 0.6) is 11.5 Å². The molecule has 11 heteroatoms. The van der Waals surface area contributed by atoms with Crippen molar-refractivity contribution in [1.82, 2.24) is 15.0 Å². The minimum Gasteiger partial charge on any atom is -0.457 e. The maximum atomic E-state index is 14.8. The van der Waals surface area contributed by atoms with Gasteiger partial charge in [0.2, 0.25) is 0 Å². The molecule has 0 saturated carbocycles. The maximum Gasteiger partial charge on any atom is 0.335 e. The van der Waals surface area contributed by atoms with Gasteiger partial charge in [-0.3, -0.25) is 9.28 Å². The maximum absolute atomic E-state index is 14.8. The van der Waals surface area contributed by atoms with E-state index in [1.807, 2.05) is 0 Å². The van der Waals surface area contributed by atoms with Gasteiger partial charge in [-0.15, -0.1) is 11.7 Å². The first-order chi connectivity index (χ1) is 21.1. The molecule has 4 aromatic rings. The summed E-state index contributed by atoms with van der Waals surface area (Å²) in [6.07, 6.45) is 5.89. The van der Waals surface area contributed by atoms with E-state index >= 15 is 0 Å². The fourth-order valence-electron chi connectivity index (χ4n) is 5.75. The highest BCUT2D eigenvalue weighted by Crippen LogP contribution is 2.35. The normalized spacial score (nSPS) is 19.5. The summed E-state index contributed by atoms with van der Waals surface area (Å²) in [6, 6.07) is 14.2. The summed E-state index contributed by atoms with van der Waals surface area (Å²) < 4.78 is 49.7. The Kier molecular flexibility index (Phi) is 9.24. The molecule has 44 heavy (non-hydrogen) atoms. The molecule has 5 rings (SSSR count). The molecule has 8 nitrogen and oxygen atoms in total. The second-order valence-corrected chi connectivity index (χ2v) is 11.2. The van der Waals surface area contributed by atoms with Crippen LogP contribution >= 0.6 is 0 Å². The van der Waals surface area contributed by atoms with Crippen molar-refractivity contribution in [3.8, 4) is 11.5 Å². The van der Waals surface area contributed by atoms with Crippen molar-refractivity contribution < 1.29 is 32.0 Å². The van der Waals surface area contributed by atoms with Crippen LogP contribution in [0.2, 0.25) is 0 Å². The molecule has 228 valence electrons. The van der Waals surface area contributed by atoms with E-state index in [2.05, 4.69) is 22.2 Å². The van der Waals surface area contributed by atoms with Gasteiger partial charge in [0.1, 0.15) is 29.0 Å². The van der Waals surface area contributed by atoms with Gasteiger partial charge in [0.25, 0.3) is 5.91 Å². The lowest BCUT2D eigenvalue weighted by Gasteiger charge is -2.32. The van der Waals surface area contributed by atoms with E-state index in [9.17, 15) is 22.8 Å². The standard InChI is InChI=1S/C33H32F3N5O3/c1-3-4-22-17-29(35)28(30(36)18-22)14-5-23-19-31(41(2,21-23)32(42)20-40-16-15-37-39-40)33(43)38-25-8-12-27(13-9-25)44-26-10-6-24(34)7-11-26/h3,6-13,15-18,23,31H,1,4-5,14,19-21H2,2H3/p+1. The molecule has 1 fully saturated rings. The van der Waals surface area contributed by atoms with E-state index in [1.165, 1.54) is 47.3 Å². The van der Waals surface area contributed by atoms with Gasteiger partial charge >= 0.3 is 5.91 Å². The second-order valence-electron chi connectivity index (χ2n) is 11.2. The van der Waals surface area contributed by atoms with E-state index in [-0.39, 0.29) is 46.6 Å². The highest BCUT2D eigenvalue weighted by Gasteiger charge is 2.52. The fraction of sp³-hybridized carbons (Fsp3) is 0.273. The van der Waals surface area contributed by atoms with Gasteiger partial charge in [0, 0.05) is 29.8 Å². The summed E-state index contributed by atoms with van der Waals surface area (Å²) in [7, 11) is 1.72. The lowest BCUT2D eigenvalue weighted by molar-refractivity contribution is -0.839. The SMILES string of the molecule is C=CCc1cc(F)c(CCC2CC(C(=O)Nc3ccc(Oc4ccc(F)cc4)cc3)[N+](C)(C(=O)Cn3ccnn3)C2)c(F)c1. The third kappa shape index (κ3) is 7.05. The number of ether oxygens (including phenoxy) is 1. The molecule has 1 aliphatic rings. The molecule has 3 atom stereocenters. The molecule has 1 aliphatic heterocycles. The first-order valence-electron chi connectivity index (χ1n) is 14.3. The van der Waals surface area contributed by atoms with E-state index < -0.39 is 17.7 Å². The number of nitrogens with one attached hydrogen (secondary N) is 1. The Bertz CT molecular complexity index is 1600. The number of hydrogen-bond donors (Lipinski definition) is 1. The molecule has 0 aliphatic carbocycles. The quantitative estimate of drug-likeness (QED) is 0.172. The number of nitrogens with zero attached hydrogens (tertiary/aromatic N) is 4. The molecule has 0 bridgehead atoms. The third-order valence-corrected chi connectivity index (χ3v) is 8.08. The molecule has 1 N–H and O–H groups in total. The molecular formula is C33H33F3N5O3+. The number of carbonyl (C=O) groups excluding carboxylic acids is 2. The molecule has 1 saturated heterocycles. The monoisotopic (exact) mass is 604 g/mol. The summed E-state index contributed by atoms with van der Waals surface area (Å²) in [6.45, 7) is 3.87. The van der Waals surface area contributed by atoms with Crippen LogP contribution < -0.4 is 10.1 Å². The first-order valence-corrected chi connectivity index (χ1v) is 14.3. The molecule has 0 spiro atoms. The molecule has 0 radical (unpaired) electrons. The number of hydrogen-bond acceptors (Lipinski definition) is 5. The minimum absolute atomic E-state index is 0.00296. The smallest absolute Gasteiger partial charge is 0.335 e. The Balaban J connectivity index is 1.30. The fourth-order valence-corrected chi connectivity index (χ4v) is 5.75. The van der Waals surface area contributed by atoms with Crippen molar-refractivity contribution in [2.24, 2.45) is 5.92 Å². The summed E-state index contributed by atoms with van der Waals surface area (Å²) in [5, 5.41) is 10.6. The van der Waals surface area contributed by atoms with Crippen LogP contribution in [0.15, 0.2) is 85.7 Å². The Morgan fingerprint density at radius 3 is 2.34 bits per heavy atom. The van der Waals surface area contributed by atoms with Crippen molar-refractivity contribution in [3.63, 3.8) is 0 Å². The van der Waals surface area contributed by atoms with Crippen LogP contribution in [-0.2, 0) is 29.0 Å². The van der Waals surface area contributed by atoms with Crippen molar-refractivity contribution in [2.75, 3.05) is 18.9 Å². The number of quaternary nitrogens is 1. The topological polar surface area (TPSA) is 86.1 Å². The van der Waals surface area contributed by atoms with Crippen molar-refractivity contribution in [3.05, 3.63) is 114 Å². The predicted molar refractivity (Wildman–Crippen MR) is 158 cm³/mol. The molecule has 1 aromatic heterocycles. The number of rotatable bonds is 11. The van der Waals surface area contributed by atoms with E-state index in [0.29, 0.717) is 48.6 Å². The summed E-state index contributed by atoms with van der Waals surface area (Å²) in [5.41, 5.74) is 1.01. The zero-order valence-corrected chi connectivity index (χ0v) is 24.3. The highest BCUT2D eigenvalue weighted by molar-refractivity contribution is 5.95. The second kappa shape index (κ2) is 13.3. The molecular weight excluding hydrogens is 571 g/mol. The average Bonchev–Trinajstić information content (AvgIpc) is 3.63. The van der Waals surface area contributed by atoms with Gasteiger partial charge in [0.15, 0.2) is 12.6 Å². The number of likely N-dealkylation sites (N-methyl/N-ethyl adjacent to an activating group) is 1. The highest BCUT2D eigenvalue weighted by atomic mass is 19.1. The van der Waals surface area contributed by atoms with Gasteiger partial charge in [0.05, 0.1) is 19.8 Å². The van der Waals surface area contributed by atoms with Crippen LogP contribution in [0.1, 0.15) is 24.0 Å². The van der Waals surface area contributed by atoms with E-state index in [1.54, 1.807) is 43.6 Å². The van der Waals surface area contributed by atoms with Gasteiger partial charge < -0.3 is 10.1 Å². The zero-order chi connectivity index (χ0) is 31.3. The minimum atomic E-state index is -0.740. The number of aromatic nitrogens is 3. The Morgan fingerprint density at radius 2 is 1.73 bits per heavy atom. The number of likely N-dealkylation sites (tertiary alicyclic amines) is 1. The Morgan fingerprint density at radius 1 is 1.07 bits per heavy atom. The lowest BCUT2D eigenvalue weighted by atomic mass is 9.95. The molecule has 2 heterocycles. The van der Waals surface area contributed by atoms with Crippen LogP contribution in [0.3, 0.4) is 0 Å². The molecule has 3 unspecified atom stereocenters. The third-order valence-electron chi connectivity index (χ3n) is 8.08. The average molecular weight is 605 g/mol. The first kappa shape index (κ1) is 30.7. The van der Waals surface area contributed by atoms with Crippen LogP contribution in [0.25, 0.3) is 0 Å². The van der Waals surface area contributed by atoms with Crippen molar-refractivity contribution in [2.45, 2.75) is 38.3 Å². The number of benzene rings is 3. The van der Waals surface area contributed by atoms with Gasteiger partial charge in [-0.25, -0.2) is 22.6 Å². The van der Waals surface area contributed by atoms with Crippen LogP contribution in [-0.4, -0.2) is 50.9 Å². The number of anilines is 1. The number of carbonyl (C=O) groups is 2. The lowest BCUT2D eigenvalue weighted by Crippen LogP contribution is -2.58. The summed E-state index contributed by atoms with van der Waals surface area (Å²) >= 11 is 0. The molecule has 3 aromatic carbocycles. The largest absolute Gasteiger partial charge is 0.457 e. The van der Waals surface area contributed by atoms with E-state index in [0.717, 1.165) is 0 Å². The Labute approximate surface area is 253 Å². The summed E-state index contributed by atoms with van der Waals surface area (Å²) in [4.78, 5) is 27.3. The number of halogens is 3. The zero-order valence-electron chi connectivity index (χ0n) is 24.3. The van der Waals surface area contributed by atoms with Crippen molar-refractivity contribution in [1.29, 1.82) is 0 Å². The summed E-state index contributed by atoms with van der Waals surface area (Å²) in [5.74, 6) is -1.35. The van der Waals surface area contributed by atoms with E-state index in [4.69, 9.17) is 4.74 Å². The van der Waals surface area contributed by atoms with Gasteiger partial charge in [-0.05, 0) is 85.5 Å². The van der Waals surface area contributed by atoms with Crippen LogP contribution in [0, 0.1) is 23.4 Å². The predicted octanol–water partition coefficient (Wildman–Crippen LogP) is 5.85.